The van der Waals surface area contributed by atoms with Gasteiger partial charge in [0.2, 0.25) is 0 Å². The van der Waals surface area contributed by atoms with E-state index >= 15 is 0 Å². The Balaban J connectivity index is 2.35. The highest BCUT2D eigenvalue weighted by molar-refractivity contribution is 9.10. The van der Waals surface area contributed by atoms with Crippen molar-refractivity contribution >= 4 is 37.6 Å². The Morgan fingerprint density at radius 3 is 2.50 bits per heavy atom. The van der Waals surface area contributed by atoms with Gasteiger partial charge < -0.3 is 0 Å². The van der Waals surface area contributed by atoms with E-state index in [1.54, 1.807) is 25.1 Å². The summed E-state index contributed by atoms with van der Waals surface area (Å²) in [7, 11) is 0. The van der Waals surface area contributed by atoms with Crippen LogP contribution in [0.1, 0.15) is 21.5 Å². The molecule has 0 unspecified atom stereocenters. The topological polar surface area (TPSA) is 17.1 Å². The summed E-state index contributed by atoms with van der Waals surface area (Å²) in [6, 6.07) is 7.60. The number of hydrogen-bond donors (Lipinski definition) is 0. The quantitative estimate of drug-likeness (QED) is 0.507. The van der Waals surface area contributed by atoms with Crippen molar-refractivity contribution in [3.05, 3.63) is 67.6 Å². The van der Waals surface area contributed by atoms with E-state index in [0.29, 0.717) is 5.56 Å². The third kappa shape index (κ3) is 3.15. The molecule has 0 radical (unpaired) electrons. The maximum absolute atomic E-state index is 13.9. The maximum atomic E-state index is 13.9. The molecule has 0 atom stereocenters. The van der Waals surface area contributed by atoms with Crippen LogP contribution in [0.25, 0.3) is 0 Å². The molecular formula is C15H10Br2F2O. The van der Waals surface area contributed by atoms with Crippen LogP contribution in [-0.2, 0) is 6.42 Å². The van der Waals surface area contributed by atoms with Gasteiger partial charge in [-0.1, -0.05) is 22.0 Å². The Morgan fingerprint density at radius 2 is 1.85 bits per heavy atom. The largest absolute Gasteiger partial charge is 0.294 e. The molecule has 20 heavy (non-hydrogen) atoms. The smallest absolute Gasteiger partial charge is 0.167 e. The lowest BCUT2D eigenvalue weighted by Gasteiger charge is -2.08. The van der Waals surface area contributed by atoms with Crippen molar-refractivity contribution in [1.82, 2.24) is 0 Å². The molecule has 0 aliphatic heterocycles. The first-order valence-corrected chi connectivity index (χ1v) is 7.40. The predicted octanol–water partition coefficient (Wildman–Crippen LogP) is 5.22. The number of carbonyl (C=O) groups excluding carboxylic acids is 1. The molecule has 0 aromatic heterocycles. The first kappa shape index (κ1) is 15.3. The Labute approximate surface area is 132 Å². The molecule has 5 heteroatoms. The predicted molar refractivity (Wildman–Crippen MR) is 81.0 cm³/mol. The standard InChI is InChI=1S/C15H10Br2F2O/c1-8-6-9(16)2-3-10(8)14(20)7-11-13(18)5-4-12(17)15(11)19/h2-6H,7H2,1H3. The van der Waals surface area contributed by atoms with Gasteiger partial charge in [0.15, 0.2) is 5.78 Å². The lowest BCUT2D eigenvalue weighted by Crippen LogP contribution is -2.09. The van der Waals surface area contributed by atoms with E-state index in [9.17, 15) is 13.6 Å². The van der Waals surface area contributed by atoms with E-state index in [4.69, 9.17) is 0 Å². The highest BCUT2D eigenvalue weighted by atomic mass is 79.9. The fraction of sp³-hybridized carbons (Fsp3) is 0.133. The van der Waals surface area contributed by atoms with E-state index < -0.39 is 11.6 Å². The zero-order valence-corrected chi connectivity index (χ0v) is 13.7. The first-order chi connectivity index (χ1) is 9.40. The molecule has 0 heterocycles. The summed E-state index contributed by atoms with van der Waals surface area (Å²) in [4.78, 5) is 12.2. The fourth-order valence-corrected chi connectivity index (χ4v) is 2.77. The zero-order valence-electron chi connectivity index (χ0n) is 10.5. The van der Waals surface area contributed by atoms with Gasteiger partial charge in [0, 0.05) is 22.0 Å². The summed E-state index contributed by atoms with van der Waals surface area (Å²) >= 11 is 6.30. The summed E-state index contributed by atoms with van der Waals surface area (Å²) in [6.07, 6.45) is -0.306. The molecule has 0 N–H and O–H groups in total. The zero-order chi connectivity index (χ0) is 14.9. The van der Waals surface area contributed by atoms with E-state index in [1.807, 2.05) is 0 Å². The molecule has 0 aliphatic carbocycles. The number of hydrogen-bond acceptors (Lipinski definition) is 1. The summed E-state index contributed by atoms with van der Waals surface area (Å²) in [5.74, 6) is -1.76. The van der Waals surface area contributed by atoms with Crippen molar-refractivity contribution in [3.8, 4) is 0 Å². The molecular weight excluding hydrogens is 394 g/mol. The van der Waals surface area contributed by atoms with Crippen LogP contribution in [0, 0.1) is 18.6 Å². The van der Waals surface area contributed by atoms with Gasteiger partial charge in [-0.3, -0.25) is 4.79 Å². The number of rotatable bonds is 3. The minimum atomic E-state index is -0.729. The molecule has 0 bridgehead atoms. The van der Waals surface area contributed by atoms with Crippen LogP contribution in [-0.4, -0.2) is 5.78 Å². The van der Waals surface area contributed by atoms with Crippen molar-refractivity contribution in [1.29, 1.82) is 0 Å². The number of Topliss-reactive ketones (excluding diaryl/α,β-unsaturated/α-hetero) is 1. The number of carbonyl (C=O) groups is 1. The SMILES string of the molecule is Cc1cc(Br)ccc1C(=O)Cc1c(F)ccc(Br)c1F. The Bertz CT molecular complexity index is 684. The van der Waals surface area contributed by atoms with Gasteiger partial charge in [0.25, 0.3) is 0 Å². The Hall–Kier alpha value is -1.07. The van der Waals surface area contributed by atoms with Gasteiger partial charge in [-0.05, 0) is 52.7 Å². The van der Waals surface area contributed by atoms with E-state index in [0.717, 1.165) is 16.1 Å². The van der Waals surface area contributed by atoms with Crippen molar-refractivity contribution < 1.29 is 13.6 Å². The lowest BCUT2D eigenvalue weighted by molar-refractivity contribution is 0.0990. The summed E-state index contributed by atoms with van der Waals surface area (Å²) < 4.78 is 28.5. The average molecular weight is 404 g/mol. The highest BCUT2D eigenvalue weighted by Gasteiger charge is 2.18. The third-order valence-electron chi connectivity index (χ3n) is 2.97. The molecule has 1 nitrogen and oxygen atoms in total. The second-order valence-corrected chi connectivity index (χ2v) is 6.15. The summed E-state index contributed by atoms with van der Waals surface area (Å²) in [5.41, 5.74) is 1.01. The van der Waals surface area contributed by atoms with Gasteiger partial charge in [0.1, 0.15) is 11.6 Å². The van der Waals surface area contributed by atoms with Crippen LogP contribution < -0.4 is 0 Å². The number of ketones is 1. The molecule has 2 rings (SSSR count). The molecule has 0 fully saturated rings. The molecule has 0 saturated carbocycles. The number of aryl methyl sites for hydroxylation is 1. The molecule has 104 valence electrons. The second-order valence-electron chi connectivity index (χ2n) is 4.38. The van der Waals surface area contributed by atoms with Crippen LogP contribution in [0.2, 0.25) is 0 Å². The summed E-state index contributed by atoms with van der Waals surface area (Å²) in [6.45, 7) is 1.78. The monoisotopic (exact) mass is 402 g/mol. The summed E-state index contributed by atoms with van der Waals surface area (Å²) in [5, 5.41) is 0. The van der Waals surface area contributed by atoms with Crippen molar-refractivity contribution in [2.24, 2.45) is 0 Å². The van der Waals surface area contributed by atoms with Crippen LogP contribution in [0.5, 0.6) is 0 Å². The van der Waals surface area contributed by atoms with Gasteiger partial charge in [0.05, 0.1) is 4.47 Å². The van der Waals surface area contributed by atoms with E-state index in [-0.39, 0.29) is 22.2 Å². The molecule has 0 amide bonds. The Kier molecular flexibility index (Phi) is 4.70. The van der Waals surface area contributed by atoms with Crippen LogP contribution >= 0.6 is 31.9 Å². The lowest BCUT2D eigenvalue weighted by atomic mass is 9.99. The fourth-order valence-electron chi connectivity index (χ4n) is 1.93. The number of halogens is 4. The van der Waals surface area contributed by atoms with Crippen LogP contribution in [0.3, 0.4) is 0 Å². The van der Waals surface area contributed by atoms with Gasteiger partial charge in [-0.2, -0.15) is 0 Å². The normalized spacial score (nSPS) is 10.7. The van der Waals surface area contributed by atoms with E-state index in [2.05, 4.69) is 31.9 Å². The van der Waals surface area contributed by atoms with Gasteiger partial charge >= 0.3 is 0 Å². The average Bonchev–Trinajstić information content (AvgIpc) is 2.39. The van der Waals surface area contributed by atoms with Crippen LogP contribution in [0.4, 0.5) is 8.78 Å². The minimum absolute atomic E-state index is 0.147. The molecule has 0 spiro atoms. The minimum Gasteiger partial charge on any atom is -0.294 e. The third-order valence-corrected chi connectivity index (χ3v) is 4.07. The Morgan fingerprint density at radius 1 is 1.15 bits per heavy atom. The van der Waals surface area contributed by atoms with Crippen molar-refractivity contribution in [3.63, 3.8) is 0 Å². The first-order valence-electron chi connectivity index (χ1n) is 5.82. The molecule has 0 aliphatic rings. The molecule has 2 aromatic rings. The van der Waals surface area contributed by atoms with E-state index in [1.165, 1.54) is 6.07 Å². The van der Waals surface area contributed by atoms with Crippen LogP contribution in [0.15, 0.2) is 39.3 Å². The molecule has 0 saturated heterocycles. The van der Waals surface area contributed by atoms with Gasteiger partial charge in [-0.15, -0.1) is 0 Å². The highest BCUT2D eigenvalue weighted by Crippen LogP contribution is 2.24. The van der Waals surface area contributed by atoms with Crippen molar-refractivity contribution in [2.45, 2.75) is 13.3 Å². The van der Waals surface area contributed by atoms with Gasteiger partial charge in [-0.25, -0.2) is 8.78 Å². The van der Waals surface area contributed by atoms with Crippen molar-refractivity contribution in [2.75, 3.05) is 0 Å². The second kappa shape index (κ2) is 6.14. The molecule has 2 aromatic carbocycles. The number of benzene rings is 2. The maximum Gasteiger partial charge on any atom is 0.167 e.